The predicted octanol–water partition coefficient (Wildman–Crippen LogP) is 3.11. The third-order valence-corrected chi connectivity index (χ3v) is 2.22. The third kappa shape index (κ3) is 9.72. The van der Waals surface area contributed by atoms with Crippen LogP contribution >= 0.6 is 0 Å². The minimum atomic E-state index is 0.391. The summed E-state index contributed by atoms with van der Waals surface area (Å²) in [6.45, 7) is 13.5. The van der Waals surface area contributed by atoms with E-state index in [0.29, 0.717) is 12.2 Å². The van der Waals surface area contributed by atoms with Gasteiger partial charge < -0.3 is 4.90 Å². The Kier molecular flexibility index (Phi) is 14.5. The molecule has 0 aromatic carbocycles. The first-order chi connectivity index (χ1) is 6.74. The highest BCUT2D eigenvalue weighted by atomic mass is 16.1. The molecule has 0 bridgehead atoms. The molecule has 0 heterocycles. The van der Waals surface area contributed by atoms with Gasteiger partial charge in [-0.05, 0) is 26.1 Å². The predicted molar refractivity (Wildman–Crippen MR) is 63.7 cm³/mol. The van der Waals surface area contributed by atoms with E-state index in [1.165, 1.54) is 0 Å². The highest BCUT2D eigenvalue weighted by molar-refractivity contribution is 5.77. The van der Waals surface area contributed by atoms with Gasteiger partial charge in [-0.2, -0.15) is 0 Å². The number of hydrogen-bond donors (Lipinski definition) is 0. The largest absolute Gasteiger partial charge is 0.304 e. The first-order valence-corrected chi connectivity index (χ1v) is 5.98. The normalized spacial score (nSPS) is 9.57. The molecule has 0 saturated carbocycles. The molecule has 0 aliphatic rings. The van der Waals surface area contributed by atoms with Crippen molar-refractivity contribution < 1.29 is 4.79 Å². The van der Waals surface area contributed by atoms with Gasteiger partial charge in [0.1, 0.15) is 5.78 Å². The lowest BCUT2D eigenvalue weighted by molar-refractivity contribution is -0.118. The molecule has 0 fully saturated rings. The summed E-state index contributed by atoms with van der Waals surface area (Å²) in [5.74, 6) is 0.391. The summed E-state index contributed by atoms with van der Waals surface area (Å²) < 4.78 is 0. The molecule has 2 heteroatoms. The standard InChI is InChI=1S/C10H21NO.C2H6/c1-4-10(12)8-7-9-11(5-2)6-3;1-2/h4-9H2,1-3H3;1-2H3. The van der Waals surface area contributed by atoms with Crippen LogP contribution in [0.2, 0.25) is 0 Å². The van der Waals surface area contributed by atoms with E-state index in [-0.39, 0.29) is 0 Å². The Bertz CT molecular complexity index is 119. The Morgan fingerprint density at radius 3 is 1.93 bits per heavy atom. The van der Waals surface area contributed by atoms with Crippen molar-refractivity contribution >= 4 is 5.78 Å². The van der Waals surface area contributed by atoms with E-state index in [9.17, 15) is 4.79 Å². The van der Waals surface area contributed by atoms with E-state index < -0.39 is 0 Å². The summed E-state index contributed by atoms with van der Waals surface area (Å²) in [7, 11) is 0. The maximum absolute atomic E-state index is 11.0. The number of carbonyl (C=O) groups excluding carboxylic acids is 1. The molecule has 0 spiro atoms. The zero-order chi connectivity index (χ0) is 11.4. The Labute approximate surface area is 89.7 Å². The number of nitrogens with zero attached hydrogens (tertiary/aromatic N) is 1. The molecule has 86 valence electrons. The fraction of sp³-hybridized carbons (Fsp3) is 0.917. The zero-order valence-electron chi connectivity index (χ0n) is 10.6. The van der Waals surface area contributed by atoms with Gasteiger partial charge in [-0.15, -0.1) is 0 Å². The molecule has 0 amide bonds. The molecule has 0 radical (unpaired) electrons. The quantitative estimate of drug-likeness (QED) is 0.631. The van der Waals surface area contributed by atoms with Crippen LogP contribution in [0.25, 0.3) is 0 Å². The molecule has 0 aromatic rings. The SMILES string of the molecule is CC.CCC(=O)CCCN(CC)CC. The van der Waals surface area contributed by atoms with Crippen LogP contribution in [0.5, 0.6) is 0 Å². The monoisotopic (exact) mass is 201 g/mol. The van der Waals surface area contributed by atoms with Gasteiger partial charge in [0.05, 0.1) is 0 Å². The van der Waals surface area contributed by atoms with Gasteiger partial charge in [-0.3, -0.25) is 4.79 Å². The topological polar surface area (TPSA) is 20.3 Å². The smallest absolute Gasteiger partial charge is 0.132 e. The number of ketones is 1. The van der Waals surface area contributed by atoms with Crippen molar-refractivity contribution in [3.05, 3.63) is 0 Å². The maximum atomic E-state index is 11.0. The van der Waals surface area contributed by atoms with Gasteiger partial charge in [0.15, 0.2) is 0 Å². The number of rotatable bonds is 7. The van der Waals surface area contributed by atoms with Crippen molar-refractivity contribution in [2.45, 2.75) is 53.9 Å². The number of Topliss-reactive ketones (excluding diaryl/α,β-unsaturated/α-hetero) is 1. The van der Waals surface area contributed by atoms with Gasteiger partial charge in [-0.25, -0.2) is 0 Å². The van der Waals surface area contributed by atoms with Gasteiger partial charge in [0.2, 0.25) is 0 Å². The van der Waals surface area contributed by atoms with Crippen molar-refractivity contribution in [3.63, 3.8) is 0 Å². The van der Waals surface area contributed by atoms with E-state index >= 15 is 0 Å². The number of hydrogen-bond acceptors (Lipinski definition) is 2. The van der Waals surface area contributed by atoms with Crippen LogP contribution in [0.4, 0.5) is 0 Å². The molecule has 0 aromatic heterocycles. The average molecular weight is 201 g/mol. The molecule has 0 rings (SSSR count). The summed E-state index contributed by atoms with van der Waals surface area (Å²) >= 11 is 0. The van der Waals surface area contributed by atoms with Crippen molar-refractivity contribution in [2.24, 2.45) is 0 Å². The van der Waals surface area contributed by atoms with Crippen molar-refractivity contribution in [1.29, 1.82) is 0 Å². The minimum absolute atomic E-state index is 0.391. The Hall–Kier alpha value is -0.370. The lowest BCUT2D eigenvalue weighted by atomic mass is 10.2. The van der Waals surface area contributed by atoms with E-state index in [1.54, 1.807) is 0 Å². The van der Waals surface area contributed by atoms with Gasteiger partial charge in [0, 0.05) is 12.8 Å². The fourth-order valence-electron chi connectivity index (χ4n) is 1.22. The average Bonchev–Trinajstić information content (AvgIpc) is 2.27. The molecule has 0 aliphatic carbocycles. The highest BCUT2D eigenvalue weighted by Crippen LogP contribution is 1.97. The van der Waals surface area contributed by atoms with E-state index in [1.807, 2.05) is 20.8 Å². The molecular formula is C12H27NO. The molecule has 0 aliphatic heterocycles. The van der Waals surface area contributed by atoms with Gasteiger partial charge in [-0.1, -0.05) is 34.6 Å². The third-order valence-electron chi connectivity index (χ3n) is 2.22. The second-order valence-electron chi connectivity index (χ2n) is 3.02. The molecule has 2 nitrogen and oxygen atoms in total. The minimum Gasteiger partial charge on any atom is -0.304 e. The summed E-state index contributed by atoms with van der Waals surface area (Å²) in [5.41, 5.74) is 0. The van der Waals surface area contributed by atoms with Crippen LogP contribution < -0.4 is 0 Å². The van der Waals surface area contributed by atoms with Crippen LogP contribution in [0.3, 0.4) is 0 Å². The van der Waals surface area contributed by atoms with E-state index in [4.69, 9.17) is 0 Å². The molecule has 14 heavy (non-hydrogen) atoms. The Morgan fingerprint density at radius 1 is 1.07 bits per heavy atom. The van der Waals surface area contributed by atoms with Crippen LogP contribution in [-0.2, 0) is 4.79 Å². The van der Waals surface area contributed by atoms with E-state index in [2.05, 4.69) is 18.7 Å². The highest BCUT2D eigenvalue weighted by Gasteiger charge is 2.01. The molecule has 0 saturated heterocycles. The number of carbonyl (C=O) groups is 1. The summed E-state index contributed by atoms with van der Waals surface area (Å²) in [6.07, 6.45) is 2.47. The van der Waals surface area contributed by atoms with Gasteiger partial charge >= 0.3 is 0 Å². The fourth-order valence-corrected chi connectivity index (χ4v) is 1.22. The maximum Gasteiger partial charge on any atom is 0.132 e. The van der Waals surface area contributed by atoms with E-state index in [0.717, 1.165) is 32.5 Å². The summed E-state index contributed by atoms with van der Waals surface area (Å²) in [6, 6.07) is 0. The second-order valence-corrected chi connectivity index (χ2v) is 3.02. The molecule has 0 unspecified atom stereocenters. The Balaban J connectivity index is 0. The van der Waals surface area contributed by atoms with Crippen LogP contribution in [0, 0.1) is 0 Å². The zero-order valence-corrected chi connectivity index (χ0v) is 10.6. The molecule has 0 N–H and O–H groups in total. The lowest BCUT2D eigenvalue weighted by Gasteiger charge is -2.16. The molecule has 0 atom stereocenters. The second kappa shape index (κ2) is 12.6. The summed E-state index contributed by atoms with van der Waals surface area (Å²) in [4.78, 5) is 13.3. The Morgan fingerprint density at radius 2 is 1.57 bits per heavy atom. The summed E-state index contributed by atoms with van der Waals surface area (Å²) in [5, 5.41) is 0. The first kappa shape index (κ1) is 16.1. The van der Waals surface area contributed by atoms with Crippen LogP contribution in [0.15, 0.2) is 0 Å². The van der Waals surface area contributed by atoms with Crippen LogP contribution in [-0.4, -0.2) is 30.3 Å². The van der Waals surface area contributed by atoms with Crippen LogP contribution in [0.1, 0.15) is 53.9 Å². The lowest BCUT2D eigenvalue weighted by Crippen LogP contribution is -2.24. The first-order valence-electron chi connectivity index (χ1n) is 5.98. The van der Waals surface area contributed by atoms with Crippen molar-refractivity contribution in [1.82, 2.24) is 4.90 Å². The molecular weight excluding hydrogens is 174 g/mol. The van der Waals surface area contributed by atoms with Crippen molar-refractivity contribution in [2.75, 3.05) is 19.6 Å². The van der Waals surface area contributed by atoms with Gasteiger partial charge in [0.25, 0.3) is 0 Å². The van der Waals surface area contributed by atoms with Crippen molar-refractivity contribution in [3.8, 4) is 0 Å².